The Hall–Kier alpha value is -1.06. The third kappa shape index (κ3) is 2.70. The van der Waals surface area contributed by atoms with Crippen molar-refractivity contribution in [2.45, 2.75) is 40.2 Å². The van der Waals surface area contributed by atoms with Crippen molar-refractivity contribution in [3.8, 4) is 0 Å². The molecule has 4 nitrogen and oxygen atoms in total. The van der Waals surface area contributed by atoms with Crippen LogP contribution in [0.1, 0.15) is 34.1 Å². The number of carboxylic acid groups (broad SMARTS) is 1. The summed E-state index contributed by atoms with van der Waals surface area (Å²) >= 11 is 0. The molecule has 1 fully saturated rings. The molecule has 0 aromatic rings. The fraction of sp³-hybridized carbons (Fsp3) is 0.818. The fourth-order valence-electron chi connectivity index (χ4n) is 1.68. The van der Waals surface area contributed by atoms with Crippen LogP contribution in [0.15, 0.2) is 0 Å². The van der Waals surface area contributed by atoms with Gasteiger partial charge in [0.05, 0.1) is 0 Å². The van der Waals surface area contributed by atoms with Gasteiger partial charge in [-0.1, -0.05) is 27.7 Å². The van der Waals surface area contributed by atoms with Gasteiger partial charge in [-0.05, 0) is 17.8 Å². The van der Waals surface area contributed by atoms with Gasteiger partial charge in [0.25, 0.3) is 0 Å². The maximum absolute atomic E-state index is 11.7. The predicted molar refractivity (Wildman–Crippen MR) is 56.3 cm³/mol. The van der Waals surface area contributed by atoms with Crippen molar-refractivity contribution in [2.75, 3.05) is 0 Å². The van der Waals surface area contributed by atoms with E-state index in [0.717, 1.165) is 6.42 Å². The molecule has 2 atom stereocenters. The monoisotopic (exact) mass is 213 g/mol. The number of hydrogen-bond acceptors (Lipinski definition) is 2. The number of amides is 1. The predicted octanol–water partition coefficient (Wildman–Crippen LogP) is 1.26. The molecule has 0 heterocycles. The van der Waals surface area contributed by atoms with E-state index in [1.807, 2.05) is 13.8 Å². The maximum atomic E-state index is 11.7. The van der Waals surface area contributed by atoms with Gasteiger partial charge in [-0.25, -0.2) is 4.79 Å². The highest BCUT2D eigenvalue weighted by Gasteiger charge is 2.51. The van der Waals surface area contributed by atoms with Crippen molar-refractivity contribution in [1.82, 2.24) is 5.32 Å². The van der Waals surface area contributed by atoms with Crippen molar-refractivity contribution in [2.24, 2.45) is 17.3 Å². The number of carbonyl (C=O) groups excluding carboxylic acids is 1. The van der Waals surface area contributed by atoms with Crippen molar-refractivity contribution in [3.05, 3.63) is 0 Å². The van der Waals surface area contributed by atoms with Gasteiger partial charge in [0.1, 0.15) is 6.04 Å². The standard InChI is InChI=1S/C11H19NO3/c1-6(2)8(10(14)15)12-9(13)7-5-11(7,3)4/h6-8H,5H2,1-4H3,(H,12,13)(H,14,15)/t7-,8+/m1/s1. The van der Waals surface area contributed by atoms with Gasteiger partial charge >= 0.3 is 5.97 Å². The lowest BCUT2D eigenvalue weighted by atomic mass is 10.0. The van der Waals surface area contributed by atoms with Gasteiger partial charge in [0, 0.05) is 5.92 Å². The molecule has 2 N–H and O–H groups in total. The average molecular weight is 213 g/mol. The number of rotatable bonds is 4. The Morgan fingerprint density at radius 3 is 2.13 bits per heavy atom. The lowest BCUT2D eigenvalue weighted by molar-refractivity contribution is -0.143. The molecule has 1 amide bonds. The Balaban J connectivity index is 2.53. The Bertz CT molecular complexity index is 284. The van der Waals surface area contributed by atoms with Crippen LogP contribution in [-0.4, -0.2) is 23.0 Å². The summed E-state index contributed by atoms with van der Waals surface area (Å²) in [6.07, 6.45) is 0.850. The minimum Gasteiger partial charge on any atom is -0.480 e. The summed E-state index contributed by atoms with van der Waals surface area (Å²) in [6, 6.07) is -0.770. The third-order valence-corrected chi connectivity index (χ3v) is 3.06. The largest absolute Gasteiger partial charge is 0.480 e. The molecule has 0 aliphatic heterocycles. The summed E-state index contributed by atoms with van der Waals surface area (Å²) in [6.45, 7) is 7.61. The van der Waals surface area contributed by atoms with Crippen LogP contribution < -0.4 is 5.32 Å². The van der Waals surface area contributed by atoms with Crippen LogP contribution in [-0.2, 0) is 9.59 Å². The minimum absolute atomic E-state index is 0.0156. The number of aliphatic carboxylic acids is 1. The molecule has 0 aromatic carbocycles. The molecule has 0 radical (unpaired) electrons. The molecule has 1 rings (SSSR count). The van der Waals surface area contributed by atoms with E-state index in [1.165, 1.54) is 0 Å². The molecule has 0 saturated heterocycles. The Morgan fingerprint density at radius 1 is 1.40 bits per heavy atom. The highest BCUT2D eigenvalue weighted by molar-refractivity contribution is 5.87. The first kappa shape index (κ1) is 12.0. The van der Waals surface area contributed by atoms with Crippen LogP contribution in [0.2, 0.25) is 0 Å². The second-order valence-corrected chi connectivity index (χ2v) is 5.31. The van der Waals surface area contributed by atoms with Crippen molar-refractivity contribution in [1.29, 1.82) is 0 Å². The zero-order valence-corrected chi connectivity index (χ0v) is 9.70. The fourth-order valence-corrected chi connectivity index (χ4v) is 1.68. The van der Waals surface area contributed by atoms with Crippen LogP contribution >= 0.6 is 0 Å². The first-order valence-electron chi connectivity index (χ1n) is 5.29. The van der Waals surface area contributed by atoms with Crippen molar-refractivity contribution >= 4 is 11.9 Å². The molecule has 0 aromatic heterocycles. The Labute approximate surface area is 90.0 Å². The number of nitrogens with one attached hydrogen (secondary N) is 1. The number of carboxylic acids is 1. The first-order valence-corrected chi connectivity index (χ1v) is 5.29. The topological polar surface area (TPSA) is 66.4 Å². The van der Waals surface area contributed by atoms with E-state index in [1.54, 1.807) is 13.8 Å². The second kappa shape index (κ2) is 3.83. The molecule has 1 saturated carbocycles. The lowest BCUT2D eigenvalue weighted by Gasteiger charge is -2.18. The number of carbonyl (C=O) groups is 2. The quantitative estimate of drug-likeness (QED) is 0.738. The summed E-state index contributed by atoms with van der Waals surface area (Å²) in [5, 5.41) is 11.5. The summed E-state index contributed by atoms with van der Waals surface area (Å²) in [7, 11) is 0. The molecule has 0 unspecified atom stereocenters. The van der Waals surface area contributed by atoms with E-state index in [-0.39, 0.29) is 23.2 Å². The normalized spacial score (nSPS) is 24.7. The van der Waals surface area contributed by atoms with Gasteiger partial charge in [0.15, 0.2) is 0 Å². The highest BCUT2D eigenvalue weighted by Crippen LogP contribution is 2.51. The molecular formula is C11H19NO3. The summed E-state index contributed by atoms with van der Waals surface area (Å²) in [5.41, 5.74) is 0.0458. The number of hydrogen-bond donors (Lipinski definition) is 2. The molecule has 4 heteroatoms. The van der Waals surface area contributed by atoms with Crippen LogP contribution in [0.5, 0.6) is 0 Å². The van der Waals surface area contributed by atoms with Crippen LogP contribution in [0.3, 0.4) is 0 Å². The van der Waals surface area contributed by atoms with E-state index >= 15 is 0 Å². The van der Waals surface area contributed by atoms with Gasteiger partial charge in [-0.3, -0.25) is 4.79 Å². The molecule has 1 aliphatic rings. The molecular weight excluding hydrogens is 194 g/mol. The molecule has 15 heavy (non-hydrogen) atoms. The first-order chi connectivity index (χ1) is 6.75. The molecule has 0 spiro atoms. The highest BCUT2D eigenvalue weighted by atomic mass is 16.4. The van der Waals surface area contributed by atoms with E-state index in [9.17, 15) is 9.59 Å². The molecule has 0 bridgehead atoms. The maximum Gasteiger partial charge on any atom is 0.326 e. The summed E-state index contributed by atoms with van der Waals surface area (Å²) in [5.74, 6) is -1.19. The summed E-state index contributed by atoms with van der Waals surface area (Å²) < 4.78 is 0. The molecule has 86 valence electrons. The van der Waals surface area contributed by atoms with Crippen molar-refractivity contribution in [3.63, 3.8) is 0 Å². The zero-order chi connectivity index (χ0) is 11.8. The van der Waals surface area contributed by atoms with E-state index < -0.39 is 12.0 Å². The zero-order valence-electron chi connectivity index (χ0n) is 9.70. The average Bonchev–Trinajstić information content (AvgIpc) is 2.69. The van der Waals surface area contributed by atoms with E-state index in [0.29, 0.717) is 0 Å². The molecule has 1 aliphatic carbocycles. The second-order valence-electron chi connectivity index (χ2n) is 5.31. The van der Waals surface area contributed by atoms with Gasteiger partial charge < -0.3 is 10.4 Å². The summed E-state index contributed by atoms with van der Waals surface area (Å²) in [4.78, 5) is 22.5. The van der Waals surface area contributed by atoms with Crippen LogP contribution in [0, 0.1) is 17.3 Å². The van der Waals surface area contributed by atoms with E-state index in [4.69, 9.17) is 5.11 Å². The van der Waals surface area contributed by atoms with Crippen molar-refractivity contribution < 1.29 is 14.7 Å². The Morgan fingerprint density at radius 2 is 1.87 bits per heavy atom. The van der Waals surface area contributed by atoms with Crippen LogP contribution in [0.25, 0.3) is 0 Å². The SMILES string of the molecule is CC(C)[C@H](NC(=O)[C@H]1CC1(C)C)C(=O)O. The van der Waals surface area contributed by atoms with Gasteiger partial charge in [-0.15, -0.1) is 0 Å². The Kier molecular flexibility index (Phi) is 3.07. The van der Waals surface area contributed by atoms with Gasteiger partial charge in [0.2, 0.25) is 5.91 Å². The third-order valence-electron chi connectivity index (χ3n) is 3.06. The lowest BCUT2D eigenvalue weighted by Crippen LogP contribution is -2.45. The smallest absolute Gasteiger partial charge is 0.326 e. The minimum atomic E-state index is -0.961. The van der Waals surface area contributed by atoms with Gasteiger partial charge in [-0.2, -0.15) is 0 Å². The van der Waals surface area contributed by atoms with Crippen LogP contribution in [0.4, 0.5) is 0 Å². The van der Waals surface area contributed by atoms with E-state index in [2.05, 4.69) is 5.32 Å².